The van der Waals surface area contributed by atoms with E-state index in [1.54, 1.807) is 23.0 Å². The van der Waals surface area contributed by atoms with Gasteiger partial charge in [-0.15, -0.1) is 0 Å². The average Bonchev–Trinajstić information content (AvgIpc) is 3.38. The fraction of sp³-hybridized carbons (Fsp3) is 0.424. The molecule has 12 heteroatoms. The van der Waals surface area contributed by atoms with Crippen molar-refractivity contribution in [1.29, 1.82) is 5.26 Å². The number of fused-ring (bicyclic) bond motifs is 3. The summed E-state index contributed by atoms with van der Waals surface area (Å²) < 4.78 is 40.4. The van der Waals surface area contributed by atoms with Crippen molar-refractivity contribution in [2.24, 2.45) is 0 Å². The van der Waals surface area contributed by atoms with Crippen LogP contribution in [0.15, 0.2) is 48.8 Å². The van der Waals surface area contributed by atoms with Crippen LogP contribution in [0.2, 0.25) is 25.7 Å². The van der Waals surface area contributed by atoms with Gasteiger partial charge in [-0.3, -0.25) is 9.47 Å². The van der Waals surface area contributed by atoms with Gasteiger partial charge in [-0.25, -0.2) is 18.7 Å². The molecule has 0 aliphatic carbocycles. The number of anilines is 1. The second-order valence-electron chi connectivity index (χ2n) is 13.0. The molecule has 1 N–H and O–H groups in total. The number of aromatic nitrogens is 3. The molecule has 3 aromatic heterocycles. The van der Waals surface area contributed by atoms with Gasteiger partial charge in [0.2, 0.25) is 0 Å². The van der Waals surface area contributed by atoms with Gasteiger partial charge >= 0.3 is 0 Å². The van der Waals surface area contributed by atoms with Crippen LogP contribution in [0.3, 0.4) is 0 Å². The van der Waals surface area contributed by atoms with E-state index in [9.17, 15) is 19.1 Å². The Morgan fingerprint density at radius 1 is 1.07 bits per heavy atom. The van der Waals surface area contributed by atoms with E-state index in [0.717, 1.165) is 36.9 Å². The maximum Gasteiger partial charge on any atom is 0.197 e. The third-order valence-corrected chi connectivity index (χ3v) is 10.4. The lowest BCUT2D eigenvalue weighted by Gasteiger charge is -2.56. The lowest BCUT2D eigenvalue weighted by atomic mass is 9.86. The van der Waals surface area contributed by atoms with Crippen LogP contribution in [0.5, 0.6) is 11.6 Å². The Kier molecular flexibility index (Phi) is 8.77. The zero-order chi connectivity index (χ0) is 31.7. The molecule has 7 rings (SSSR count). The third kappa shape index (κ3) is 6.52. The van der Waals surface area contributed by atoms with Crippen LogP contribution in [0, 0.1) is 17.1 Å². The highest BCUT2D eigenvalue weighted by atomic mass is 28.3. The van der Waals surface area contributed by atoms with Crippen molar-refractivity contribution in [3.05, 3.63) is 65.7 Å². The molecule has 4 aromatic rings. The Balaban J connectivity index is 1.22. The quantitative estimate of drug-likeness (QED) is 0.151. The number of hydrogen-bond acceptors (Lipinski definition) is 8. The molecule has 0 saturated carbocycles. The Labute approximate surface area is 262 Å². The molecule has 2 unspecified atom stereocenters. The predicted octanol–water partition coefficient (Wildman–Crippen LogP) is 5.94. The lowest BCUT2D eigenvalue weighted by molar-refractivity contribution is -0.00921. The van der Waals surface area contributed by atoms with E-state index in [0.29, 0.717) is 46.8 Å². The molecular weight excluding hydrogens is 594 g/mol. The summed E-state index contributed by atoms with van der Waals surface area (Å²) in [5.74, 6) is 1.04. The second kappa shape index (κ2) is 12.7. The third-order valence-electron chi connectivity index (χ3n) is 8.65. The number of hydrogen-bond donors (Lipinski definition) is 1. The molecule has 3 aliphatic heterocycles. The van der Waals surface area contributed by atoms with Gasteiger partial charge in [-0.2, -0.15) is 5.26 Å². The van der Waals surface area contributed by atoms with Crippen LogP contribution >= 0.6 is 0 Å². The molecule has 3 fully saturated rings. The summed E-state index contributed by atoms with van der Waals surface area (Å²) >= 11 is 0. The Bertz CT molecular complexity index is 1710. The first-order valence-corrected chi connectivity index (χ1v) is 19.0. The van der Waals surface area contributed by atoms with E-state index in [-0.39, 0.29) is 37.0 Å². The van der Waals surface area contributed by atoms with Gasteiger partial charge in [0, 0.05) is 86.9 Å². The molecule has 0 amide bonds. The first-order chi connectivity index (χ1) is 21.6. The van der Waals surface area contributed by atoms with Crippen molar-refractivity contribution in [1.82, 2.24) is 19.4 Å². The van der Waals surface area contributed by atoms with Gasteiger partial charge in [0.05, 0.1) is 5.56 Å². The number of rotatable bonds is 12. The van der Waals surface area contributed by atoms with Gasteiger partial charge in [-0.05, 0) is 42.8 Å². The minimum Gasteiger partial charge on any atom is -0.508 e. The molecule has 45 heavy (non-hydrogen) atoms. The fourth-order valence-electron chi connectivity index (χ4n) is 6.22. The molecule has 2 bridgehead atoms. The van der Waals surface area contributed by atoms with Gasteiger partial charge in [0.15, 0.2) is 5.88 Å². The number of phenolic OH excluding ortho intramolecular Hbond substituents is 1. The smallest absolute Gasteiger partial charge is 0.197 e. The molecule has 9 nitrogen and oxygen atoms in total. The van der Waals surface area contributed by atoms with Crippen LogP contribution in [0.25, 0.3) is 22.2 Å². The monoisotopic (exact) mass is 632 g/mol. The maximum atomic E-state index is 13.8. The van der Waals surface area contributed by atoms with E-state index in [2.05, 4.69) is 40.5 Å². The topological polar surface area (TPSA) is 99.7 Å². The highest BCUT2D eigenvalue weighted by molar-refractivity contribution is 6.76. The van der Waals surface area contributed by atoms with E-state index in [4.69, 9.17) is 14.5 Å². The van der Waals surface area contributed by atoms with Crippen molar-refractivity contribution in [2.75, 3.05) is 37.9 Å². The predicted molar refractivity (Wildman–Crippen MR) is 171 cm³/mol. The fourth-order valence-corrected chi connectivity index (χ4v) is 6.98. The summed E-state index contributed by atoms with van der Waals surface area (Å²) in [5, 5.41) is 20.9. The molecule has 2 atom stereocenters. The van der Waals surface area contributed by atoms with Gasteiger partial charge < -0.3 is 19.5 Å². The number of nitriles is 1. The van der Waals surface area contributed by atoms with E-state index in [1.807, 2.05) is 12.1 Å². The van der Waals surface area contributed by atoms with E-state index in [1.165, 1.54) is 18.2 Å². The van der Waals surface area contributed by atoms with Crippen LogP contribution in [-0.4, -0.2) is 77.7 Å². The number of piperidine rings is 1. The SMILES string of the molecule is C[Si](C)(C)CCOCn1c(OCCF)cc2c(-c3ccc(N4CC5CC(C4)N5Cc4cc(F)ccc4O)nc3)c(C#N)cnc21. The van der Waals surface area contributed by atoms with Crippen LogP contribution in [-0.2, 0) is 18.0 Å². The molecule has 0 radical (unpaired) electrons. The highest BCUT2D eigenvalue weighted by Gasteiger charge is 2.45. The number of phenols is 1. The van der Waals surface area contributed by atoms with Crippen molar-refractivity contribution < 1.29 is 23.4 Å². The normalized spacial score (nSPS) is 18.2. The first-order valence-electron chi connectivity index (χ1n) is 15.3. The molecular formula is C33H38F2N6O3Si. The van der Waals surface area contributed by atoms with Crippen LogP contribution in [0.4, 0.5) is 14.6 Å². The Hall–Kier alpha value is -4.05. The first kappa shape index (κ1) is 31.0. The number of pyridine rings is 2. The molecule has 3 aliphatic rings. The molecule has 6 heterocycles. The number of alkyl halides is 1. The minimum absolute atomic E-state index is 0.0967. The Morgan fingerprint density at radius 3 is 2.56 bits per heavy atom. The van der Waals surface area contributed by atoms with Crippen LogP contribution < -0.4 is 9.64 Å². The van der Waals surface area contributed by atoms with Gasteiger partial charge in [0.1, 0.15) is 49.1 Å². The summed E-state index contributed by atoms with van der Waals surface area (Å²) in [4.78, 5) is 13.9. The zero-order valence-corrected chi connectivity index (χ0v) is 26.8. The number of nitrogens with zero attached hydrogens (tertiary/aromatic N) is 6. The maximum absolute atomic E-state index is 13.8. The van der Waals surface area contributed by atoms with Crippen molar-refractivity contribution in [2.45, 2.75) is 57.5 Å². The van der Waals surface area contributed by atoms with Gasteiger partial charge in [0.25, 0.3) is 0 Å². The molecule has 3 saturated heterocycles. The lowest BCUT2D eigenvalue weighted by Crippen LogP contribution is -2.68. The minimum atomic E-state index is -1.28. The zero-order valence-electron chi connectivity index (χ0n) is 25.8. The van der Waals surface area contributed by atoms with Crippen molar-refractivity contribution in [3.8, 4) is 28.8 Å². The summed E-state index contributed by atoms with van der Waals surface area (Å²) in [6, 6.07) is 13.6. The number of aromatic hydroxyl groups is 1. The molecule has 0 spiro atoms. The summed E-state index contributed by atoms with van der Waals surface area (Å²) in [5.41, 5.74) is 3.05. The number of halogens is 2. The van der Waals surface area contributed by atoms with E-state index < -0.39 is 14.7 Å². The van der Waals surface area contributed by atoms with Gasteiger partial charge in [-0.1, -0.05) is 19.6 Å². The summed E-state index contributed by atoms with van der Waals surface area (Å²) in [6.07, 6.45) is 4.38. The standard InChI is InChI=1S/C33H38F2N6O3Si/c1-45(2,3)11-10-43-21-41-31(44-9-8-34)14-28-32(24(15-36)17-38-33(28)41)22-4-7-30(37-16-22)39-19-26-13-27(20-39)40(26)18-23-12-25(35)5-6-29(23)42/h4-7,12,14,16-17,26-27,42H,8-11,13,18-21H2,1-3H3. The largest absolute Gasteiger partial charge is 0.508 e. The second-order valence-corrected chi connectivity index (χ2v) is 18.6. The molecule has 1 aromatic carbocycles. The number of ether oxygens (including phenoxy) is 2. The average molecular weight is 633 g/mol. The highest BCUT2D eigenvalue weighted by Crippen LogP contribution is 2.38. The summed E-state index contributed by atoms with van der Waals surface area (Å²) in [6.45, 7) is 9.02. The van der Waals surface area contributed by atoms with Crippen molar-refractivity contribution >= 4 is 24.9 Å². The van der Waals surface area contributed by atoms with Crippen LogP contribution in [0.1, 0.15) is 17.5 Å². The summed E-state index contributed by atoms with van der Waals surface area (Å²) in [7, 11) is -1.28. The van der Waals surface area contributed by atoms with E-state index >= 15 is 0 Å². The van der Waals surface area contributed by atoms with Crippen molar-refractivity contribution in [3.63, 3.8) is 0 Å². The molecule has 236 valence electrons. The number of piperazine rings is 1. The Morgan fingerprint density at radius 2 is 1.87 bits per heavy atom. The number of benzene rings is 1.